The Morgan fingerprint density at radius 3 is 2.36 bits per heavy atom. The van der Waals surface area contributed by atoms with Gasteiger partial charge in [-0.2, -0.15) is 0 Å². The summed E-state index contributed by atoms with van der Waals surface area (Å²) in [6.07, 6.45) is 7.37. The van der Waals surface area contributed by atoms with Gasteiger partial charge in [0.15, 0.2) is 0 Å². The Kier molecular flexibility index (Phi) is 4.32. The largest absolute Gasteiger partial charge is 0.351 e. The second kappa shape index (κ2) is 6.38. The topological polar surface area (TPSA) is 75.4 Å². The van der Waals surface area contributed by atoms with Gasteiger partial charge in [0.05, 0.1) is 0 Å². The molecule has 0 spiro atoms. The zero-order chi connectivity index (χ0) is 15.5. The van der Waals surface area contributed by atoms with Crippen LogP contribution in [-0.4, -0.2) is 29.4 Å². The van der Waals surface area contributed by atoms with E-state index in [1.54, 1.807) is 24.3 Å². The average Bonchev–Trinajstić information content (AvgIpc) is 3.17. The smallest absolute Gasteiger partial charge is 0.316 e. The number of nitrogens with one attached hydrogen (secondary N) is 1. The lowest BCUT2D eigenvalue weighted by molar-refractivity contribution is 0.0689. The summed E-state index contributed by atoms with van der Waals surface area (Å²) in [4.78, 5) is 25.6. The molecule has 1 saturated carbocycles. The molecule has 1 saturated heterocycles. The number of benzene rings is 1. The van der Waals surface area contributed by atoms with Gasteiger partial charge in [-0.3, -0.25) is 4.79 Å². The SMILES string of the molecule is NC(=O)Nc1ccc(C(=O)N2CCC[C@@H]2C2CCCC2)cc1. The van der Waals surface area contributed by atoms with E-state index in [0.717, 1.165) is 19.4 Å². The van der Waals surface area contributed by atoms with Crippen LogP contribution in [0.4, 0.5) is 10.5 Å². The zero-order valence-corrected chi connectivity index (χ0v) is 12.8. The van der Waals surface area contributed by atoms with E-state index in [2.05, 4.69) is 10.2 Å². The van der Waals surface area contributed by atoms with Crippen LogP contribution >= 0.6 is 0 Å². The molecule has 1 aliphatic heterocycles. The van der Waals surface area contributed by atoms with Crippen molar-refractivity contribution < 1.29 is 9.59 Å². The molecule has 2 fully saturated rings. The number of nitrogens with two attached hydrogens (primary N) is 1. The van der Waals surface area contributed by atoms with Crippen LogP contribution < -0.4 is 11.1 Å². The summed E-state index contributed by atoms with van der Waals surface area (Å²) in [6, 6.07) is 6.78. The highest BCUT2D eigenvalue weighted by atomic mass is 16.2. The highest BCUT2D eigenvalue weighted by Crippen LogP contribution is 2.36. The number of nitrogens with zero attached hydrogens (tertiary/aromatic N) is 1. The molecule has 0 aromatic heterocycles. The van der Waals surface area contributed by atoms with Gasteiger partial charge in [0.2, 0.25) is 0 Å². The number of carbonyl (C=O) groups excluding carboxylic acids is 2. The molecule has 1 aromatic rings. The Balaban J connectivity index is 1.70. The average molecular weight is 301 g/mol. The lowest BCUT2D eigenvalue weighted by Crippen LogP contribution is -2.39. The molecule has 1 aliphatic carbocycles. The van der Waals surface area contributed by atoms with Gasteiger partial charge >= 0.3 is 6.03 Å². The van der Waals surface area contributed by atoms with E-state index in [1.165, 1.54) is 25.7 Å². The first kappa shape index (κ1) is 14.9. The van der Waals surface area contributed by atoms with E-state index in [1.807, 2.05) is 0 Å². The second-order valence-corrected chi connectivity index (χ2v) is 6.32. The number of hydrogen-bond donors (Lipinski definition) is 2. The van der Waals surface area contributed by atoms with E-state index >= 15 is 0 Å². The van der Waals surface area contributed by atoms with Gasteiger partial charge in [0, 0.05) is 23.8 Å². The molecule has 5 heteroatoms. The molecule has 0 unspecified atom stereocenters. The van der Waals surface area contributed by atoms with Crippen LogP contribution in [0, 0.1) is 5.92 Å². The minimum atomic E-state index is -0.597. The molecule has 3 rings (SSSR count). The molecule has 1 atom stereocenters. The van der Waals surface area contributed by atoms with Crippen LogP contribution in [0.2, 0.25) is 0 Å². The minimum Gasteiger partial charge on any atom is -0.351 e. The third-order valence-electron chi connectivity index (χ3n) is 4.90. The first-order valence-electron chi connectivity index (χ1n) is 8.12. The van der Waals surface area contributed by atoms with E-state index in [4.69, 9.17) is 5.73 Å². The molecular formula is C17H23N3O2. The number of rotatable bonds is 3. The van der Waals surface area contributed by atoms with Crippen LogP contribution in [0.25, 0.3) is 0 Å². The number of carbonyl (C=O) groups is 2. The molecule has 0 radical (unpaired) electrons. The molecule has 5 nitrogen and oxygen atoms in total. The third-order valence-corrected chi connectivity index (χ3v) is 4.90. The maximum Gasteiger partial charge on any atom is 0.316 e. The lowest BCUT2D eigenvalue weighted by atomic mass is 9.95. The molecule has 1 heterocycles. The standard InChI is InChI=1S/C17H23N3O2/c18-17(22)19-14-9-7-13(8-10-14)16(21)20-11-3-6-15(20)12-4-1-2-5-12/h7-10,12,15H,1-6,11H2,(H3,18,19,22)/t15-/m1/s1. The minimum absolute atomic E-state index is 0.111. The summed E-state index contributed by atoms with van der Waals surface area (Å²) in [7, 11) is 0. The highest BCUT2D eigenvalue weighted by Gasteiger charge is 2.36. The first-order chi connectivity index (χ1) is 10.6. The molecule has 22 heavy (non-hydrogen) atoms. The number of primary amides is 1. The Labute approximate surface area is 130 Å². The number of likely N-dealkylation sites (tertiary alicyclic amines) is 1. The fourth-order valence-corrected chi connectivity index (χ4v) is 3.88. The summed E-state index contributed by atoms with van der Waals surface area (Å²) in [5.41, 5.74) is 6.37. The number of hydrogen-bond acceptors (Lipinski definition) is 2. The van der Waals surface area contributed by atoms with E-state index < -0.39 is 6.03 Å². The Morgan fingerprint density at radius 2 is 1.73 bits per heavy atom. The summed E-state index contributed by atoms with van der Waals surface area (Å²) in [6.45, 7) is 0.862. The second-order valence-electron chi connectivity index (χ2n) is 6.32. The Bertz CT molecular complexity index is 550. The quantitative estimate of drug-likeness (QED) is 0.900. The van der Waals surface area contributed by atoms with Crippen LogP contribution in [0.5, 0.6) is 0 Å². The van der Waals surface area contributed by atoms with Gasteiger partial charge in [-0.05, 0) is 55.9 Å². The van der Waals surface area contributed by atoms with Crippen molar-refractivity contribution in [1.82, 2.24) is 4.90 Å². The van der Waals surface area contributed by atoms with E-state index in [0.29, 0.717) is 23.2 Å². The highest BCUT2D eigenvalue weighted by molar-refractivity contribution is 5.95. The van der Waals surface area contributed by atoms with Gasteiger partial charge in [0.1, 0.15) is 0 Å². The van der Waals surface area contributed by atoms with Crippen molar-refractivity contribution in [2.24, 2.45) is 11.7 Å². The molecule has 3 amide bonds. The van der Waals surface area contributed by atoms with Crippen molar-refractivity contribution in [3.8, 4) is 0 Å². The summed E-state index contributed by atoms with van der Waals surface area (Å²) in [5, 5.41) is 2.51. The molecule has 1 aromatic carbocycles. The van der Waals surface area contributed by atoms with Crippen LogP contribution in [-0.2, 0) is 0 Å². The van der Waals surface area contributed by atoms with Crippen molar-refractivity contribution in [2.45, 2.75) is 44.6 Å². The van der Waals surface area contributed by atoms with Crippen molar-refractivity contribution >= 4 is 17.6 Å². The number of anilines is 1. The van der Waals surface area contributed by atoms with Crippen molar-refractivity contribution in [2.75, 3.05) is 11.9 Å². The summed E-state index contributed by atoms with van der Waals surface area (Å²) in [5.74, 6) is 0.794. The van der Waals surface area contributed by atoms with Gasteiger partial charge in [-0.1, -0.05) is 12.8 Å². The molecular weight excluding hydrogens is 278 g/mol. The monoisotopic (exact) mass is 301 g/mol. The van der Waals surface area contributed by atoms with Crippen LogP contribution in [0.1, 0.15) is 48.9 Å². The molecule has 3 N–H and O–H groups in total. The summed E-state index contributed by atoms with van der Waals surface area (Å²) < 4.78 is 0. The van der Waals surface area contributed by atoms with Gasteiger partial charge < -0.3 is 16.0 Å². The van der Waals surface area contributed by atoms with Crippen molar-refractivity contribution in [3.63, 3.8) is 0 Å². The first-order valence-corrected chi connectivity index (χ1v) is 8.12. The van der Waals surface area contributed by atoms with Crippen molar-refractivity contribution in [1.29, 1.82) is 0 Å². The maximum atomic E-state index is 12.8. The predicted molar refractivity (Wildman–Crippen MR) is 85.7 cm³/mol. The molecule has 2 aliphatic rings. The normalized spacial score (nSPS) is 22.0. The Morgan fingerprint density at radius 1 is 1.05 bits per heavy atom. The molecule has 118 valence electrons. The van der Waals surface area contributed by atoms with Gasteiger partial charge in [0.25, 0.3) is 5.91 Å². The van der Waals surface area contributed by atoms with Crippen LogP contribution in [0.15, 0.2) is 24.3 Å². The predicted octanol–water partition coefficient (Wildman–Crippen LogP) is 2.97. The fourth-order valence-electron chi connectivity index (χ4n) is 3.88. The van der Waals surface area contributed by atoms with Crippen molar-refractivity contribution in [3.05, 3.63) is 29.8 Å². The molecule has 0 bridgehead atoms. The van der Waals surface area contributed by atoms with Gasteiger partial charge in [-0.15, -0.1) is 0 Å². The lowest BCUT2D eigenvalue weighted by Gasteiger charge is -2.29. The maximum absolute atomic E-state index is 12.8. The zero-order valence-electron chi connectivity index (χ0n) is 12.8. The summed E-state index contributed by atoms with van der Waals surface area (Å²) >= 11 is 0. The van der Waals surface area contributed by atoms with E-state index in [-0.39, 0.29) is 5.91 Å². The number of urea groups is 1. The Hall–Kier alpha value is -2.04. The fraction of sp³-hybridized carbons (Fsp3) is 0.529. The van der Waals surface area contributed by atoms with Crippen LogP contribution in [0.3, 0.4) is 0 Å². The third kappa shape index (κ3) is 3.08. The van der Waals surface area contributed by atoms with E-state index in [9.17, 15) is 9.59 Å². The van der Waals surface area contributed by atoms with Gasteiger partial charge in [-0.25, -0.2) is 4.79 Å². The number of amides is 3.